The Balaban J connectivity index is 2.27. The number of hydrogen-bond acceptors (Lipinski definition) is 4. The summed E-state index contributed by atoms with van der Waals surface area (Å²) in [4.78, 5) is 17.0. The lowest BCUT2D eigenvalue weighted by Gasteiger charge is -2.53. The van der Waals surface area contributed by atoms with E-state index in [4.69, 9.17) is 14.7 Å². The summed E-state index contributed by atoms with van der Waals surface area (Å²) in [6, 6.07) is 0. The van der Waals surface area contributed by atoms with Gasteiger partial charge in [-0.3, -0.25) is 4.84 Å². The van der Waals surface area contributed by atoms with Crippen LogP contribution in [0.25, 0.3) is 0 Å². The van der Waals surface area contributed by atoms with Crippen molar-refractivity contribution in [1.29, 1.82) is 0 Å². The summed E-state index contributed by atoms with van der Waals surface area (Å²) in [7, 11) is 0. The third-order valence-corrected chi connectivity index (χ3v) is 5.29. The molecule has 0 radical (unpaired) electrons. The molecule has 1 aliphatic heterocycles. The smallest absolute Gasteiger partial charge is 0.450 e. The van der Waals surface area contributed by atoms with Crippen molar-refractivity contribution in [3.63, 3.8) is 0 Å². The zero-order valence-electron chi connectivity index (χ0n) is 17.7. The first-order chi connectivity index (χ1) is 12.2. The number of piperidine rings is 1. The van der Waals surface area contributed by atoms with Crippen LogP contribution in [0.2, 0.25) is 0 Å². The fourth-order valence-corrected chi connectivity index (χ4v) is 4.32. The zero-order valence-corrected chi connectivity index (χ0v) is 17.7. The predicted molar refractivity (Wildman–Crippen MR) is 105 cm³/mol. The Morgan fingerprint density at radius 2 is 1.38 bits per heavy atom. The molecule has 0 bridgehead atoms. The fraction of sp³-hybridized carbons (Fsp3) is 0.952. The molecule has 0 aromatic heterocycles. The van der Waals surface area contributed by atoms with E-state index in [1.807, 2.05) is 0 Å². The molecule has 0 amide bonds. The average molecular weight is 372 g/mol. The number of hydrogen-bond donors (Lipinski definition) is 1. The predicted octanol–water partition coefficient (Wildman–Crippen LogP) is 6.17. The zero-order chi connectivity index (χ0) is 19.6. The van der Waals surface area contributed by atoms with Crippen LogP contribution >= 0.6 is 0 Å². The number of hydroxylamine groups is 2. The van der Waals surface area contributed by atoms with Gasteiger partial charge in [-0.1, -0.05) is 58.3 Å². The van der Waals surface area contributed by atoms with Crippen LogP contribution in [0.4, 0.5) is 4.79 Å². The van der Waals surface area contributed by atoms with E-state index in [1.165, 1.54) is 51.4 Å². The van der Waals surface area contributed by atoms with Crippen molar-refractivity contribution in [2.75, 3.05) is 6.61 Å². The van der Waals surface area contributed by atoms with E-state index in [0.29, 0.717) is 12.8 Å². The maximum Gasteiger partial charge on any atom is 0.506 e. The summed E-state index contributed by atoms with van der Waals surface area (Å²) >= 11 is 0. The normalized spacial score (nSPS) is 20.2. The van der Waals surface area contributed by atoms with E-state index >= 15 is 0 Å². The molecule has 1 N–H and O–H groups in total. The molecule has 1 rings (SSSR count). The molecule has 0 aromatic carbocycles. The third-order valence-electron chi connectivity index (χ3n) is 5.29. The maximum atomic E-state index is 10.9. The minimum Gasteiger partial charge on any atom is -0.450 e. The molecular formula is C21H41NO4. The van der Waals surface area contributed by atoms with Crippen molar-refractivity contribution in [3.8, 4) is 0 Å². The molecule has 1 fully saturated rings. The molecule has 0 aromatic rings. The average Bonchev–Trinajstić information content (AvgIpc) is 2.49. The van der Waals surface area contributed by atoms with Crippen LogP contribution < -0.4 is 0 Å². The Hall–Kier alpha value is -0.810. The lowest BCUT2D eigenvalue weighted by Crippen LogP contribution is -2.62. The van der Waals surface area contributed by atoms with E-state index < -0.39 is 6.16 Å². The van der Waals surface area contributed by atoms with Crippen molar-refractivity contribution in [2.24, 2.45) is 0 Å². The van der Waals surface area contributed by atoms with E-state index in [9.17, 15) is 4.79 Å². The van der Waals surface area contributed by atoms with Gasteiger partial charge in [0.05, 0.1) is 6.61 Å². The highest BCUT2D eigenvalue weighted by molar-refractivity contribution is 5.57. The lowest BCUT2D eigenvalue weighted by molar-refractivity contribution is -0.292. The van der Waals surface area contributed by atoms with E-state index in [-0.39, 0.29) is 17.2 Å². The van der Waals surface area contributed by atoms with Gasteiger partial charge in [0.25, 0.3) is 0 Å². The number of nitrogens with zero attached hydrogens (tertiary/aromatic N) is 1. The van der Waals surface area contributed by atoms with Crippen LogP contribution in [-0.2, 0) is 9.57 Å². The Morgan fingerprint density at radius 1 is 0.923 bits per heavy atom. The monoisotopic (exact) mass is 371 g/mol. The van der Waals surface area contributed by atoms with E-state index in [2.05, 4.69) is 39.7 Å². The van der Waals surface area contributed by atoms with Gasteiger partial charge in [-0.05, 0) is 34.1 Å². The van der Waals surface area contributed by atoms with Gasteiger partial charge in [-0.2, -0.15) is 5.06 Å². The Bertz CT molecular complexity index is 391. The van der Waals surface area contributed by atoms with Gasteiger partial charge in [-0.25, -0.2) is 4.79 Å². The molecular weight excluding hydrogens is 330 g/mol. The van der Waals surface area contributed by atoms with Crippen LogP contribution in [-0.4, -0.2) is 40.1 Å². The molecule has 0 saturated carbocycles. The van der Waals surface area contributed by atoms with Crippen LogP contribution in [0.15, 0.2) is 0 Å². The standard InChI is InChI=1S/C21H41NO4/c1-6-7-8-9-10-11-12-13-14-15-25-22-20(2,3)16-18(26-19(23)24)17-21(22,4)5/h18H,6-17H2,1-5H3,(H,23,24). The van der Waals surface area contributed by atoms with E-state index in [1.54, 1.807) is 0 Å². The summed E-state index contributed by atoms with van der Waals surface area (Å²) in [5.74, 6) is 0. The third kappa shape index (κ3) is 8.26. The molecule has 5 heteroatoms. The molecule has 154 valence electrons. The number of rotatable bonds is 12. The fourth-order valence-electron chi connectivity index (χ4n) is 4.32. The van der Waals surface area contributed by atoms with Crippen LogP contribution in [0, 0.1) is 0 Å². The van der Waals surface area contributed by atoms with Crippen LogP contribution in [0.3, 0.4) is 0 Å². The first-order valence-electron chi connectivity index (χ1n) is 10.5. The van der Waals surface area contributed by atoms with Gasteiger partial charge in [0.1, 0.15) is 6.10 Å². The Kier molecular flexibility index (Phi) is 9.94. The molecule has 5 nitrogen and oxygen atoms in total. The van der Waals surface area contributed by atoms with Crippen molar-refractivity contribution in [3.05, 3.63) is 0 Å². The molecule has 1 heterocycles. The summed E-state index contributed by atoms with van der Waals surface area (Å²) in [6.45, 7) is 11.4. The molecule has 0 atom stereocenters. The highest BCUT2D eigenvalue weighted by Gasteiger charge is 2.47. The summed E-state index contributed by atoms with van der Waals surface area (Å²) in [5, 5.41) is 11.0. The number of carboxylic acid groups (broad SMARTS) is 1. The second-order valence-electron chi connectivity index (χ2n) is 8.99. The Labute approximate surface area is 160 Å². The minimum absolute atomic E-state index is 0.249. The summed E-state index contributed by atoms with van der Waals surface area (Å²) < 4.78 is 5.05. The molecule has 0 unspecified atom stereocenters. The molecule has 1 saturated heterocycles. The SMILES string of the molecule is CCCCCCCCCCCON1C(C)(C)CC(OC(=O)O)CC1(C)C. The van der Waals surface area contributed by atoms with Crippen molar-refractivity contribution < 1.29 is 19.5 Å². The maximum absolute atomic E-state index is 10.9. The summed E-state index contributed by atoms with van der Waals surface area (Å²) in [5.41, 5.74) is -0.498. The van der Waals surface area contributed by atoms with Crippen LogP contribution in [0.1, 0.15) is 105 Å². The highest BCUT2D eigenvalue weighted by atomic mass is 16.7. The first kappa shape index (κ1) is 23.2. The van der Waals surface area contributed by atoms with Crippen molar-refractivity contribution in [1.82, 2.24) is 5.06 Å². The van der Waals surface area contributed by atoms with Gasteiger partial charge in [0.15, 0.2) is 0 Å². The summed E-state index contributed by atoms with van der Waals surface area (Å²) in [6.07, 6.45) is 11.5. The Morgan fingerprint density at radius 3 is 1.85 bits per heavy atom. The van der Waals surface area contributed by atoms with Gasteiger partial charge < -0.3 is 9.84 Å². The number of unbranched alkanes of at least 4 members (excludes halogenated alkanes) is 8. The van der Waals surface area contributed by atoms with Crippen molar-refractivity contribution in [2.45, 2.75) is 122 Å². The number of ether oxygens (including phenoxy) is 1. The van der Waals surface area contributed by atoms with Gasteiger partial charge in [-0.15, -0.1) is 0 Å². The topological polar surface area (TPSA) is 59.0 Å². The number of carbonyl (C=O) groups is 1. The van der Waals surface area contributed by atoms with Gasteiger partial charge in [0, 0.05) is 23.9 Å². The van der Waals surface area contributed by atoms with Crippen LogP contribution in [0.5, 0.6) is 0 Å². The second kappa shape index (κ2) is 11.1. The van der Waals surface area contributed by atoms with E-state index in [0.717, 1.165) is 13.0 Å². The van der Waals surface area contributed by atoms with Gasteiger partial charge in [0.2, 0.25) is 0 Å². The minimum atomic E-state index is -1.19. The molecule has 0 spiro atoms. The first-order valence-corrected chi connectivity index (χ1v) is 10.5. The molecule has 1 aliphatic rings. The molecule has 0 aliphatic carbocycles. The lowest BCUT2D eigenvalue weighted by atomic mass is 9.80. The quantitative estimate of drug-likeness (QED) is 0.328. The van der Waals surface area contributed by atoms with Gasteiger partial charge >= 0.3 is 6.16 Å². The molecule has 26 heavy (non-hydrogen) atoms. The second-order valence-corrected chi connectivity index (χ2v) is 8.99. The van der Waals surface area contributed by atoms with Crippen molar-refractivity contribution >= 4 is 6.16 Å². The largest absolute Gasteiger partial charge is 0.506 e. The highest BCUT2D eigenvalue weighted by Crippen LogP contribution is 2.39.